The van der Waals surface area contributed by atoms with E-state index in [2.05, 4.69) is 16.0 Å². The van der Waals surface area contributed by atoms with Gasteiger partial charge in [-0.1, -0.05) is 17.7 Å². The molecule has 252 valence electrons. The average Bonchev–Trinajstić information content (AvgIpc) is 3.49. The fourth-order valence-electron chi connectivity index (χ4n) is 5.09. The first-order chi connectivity index (χ1) is 21.5. The van der Waals surface area contributed by atoms with Crippen molar-refractivity contribution in [2.75, 3.05) is 18.5 Å². The number of anilines is 1. The van der Waals surface area contributed by atoms with E-state index in [4.69, 9.17) is 21.1 Å². The van der Waals surface area contributed by atoms with Gasteiger partial charge in [-0.15, -0.1) is 0 Å². The van der Waals surface area contributed by atoms with Crippen molar-refractivity contribution in [3.8, 4) is 5.75 Å². The Balaban J connectivity index is 1.48. The standard InChI is InChI=1S/C31H34ClF6N3O5/c1-29(2,31(36,37)38)28(44)39-15-17-3-9-24(32)22(13-17)26(42)41-20-8-10-25(46-21-11-12-45-16-21)23(14-20)27(43)40-19-6-4-18(5-7-19)30(33,34)35/h3,8-10,13-14,18-19,21H,4-7,11-12,15-16H2,1-2H3,(H,39,44)(H,40,43)(H,41,42)/t18-,19-,21?. The molecule has 2 aromatic carbocycles. The highest BCUT2D eigenvalue weighted by molar-refractivity contribution is 6.34. The van der Waals surface area contributed by atoms with E-state index in [0.717, 1.165) is 13.8 Å². The second-order valence-corrected chi connectivity index (χ2v) is 12.4. The van der Waals surface area contributed by atoms with Crippen molar-refractivity contribution >= 4 is 35.0 Å². The second kappa shape index (κ2) is 14.1. The molecule has 2 fully saturated rings. The predicted molar refractivity (Wildman–Crippen MR) is 157 cm³/mol. The maximum atomic E-state index is 13.4. The van der Waals surface area contributed by atoms with E-state index in [1.165, 1.54) is 36.4 Å². The van der Waals surface area contributed by atoms with Crippen LogP contribution in [0, 0.1) is 11.3 Å². The number of rotatable bonds is 9. The summed E-state index contributed by atoms with van der Waals surface area (Å²) in [5.41, 5.74) is -2.14. The summed E-state index contributed by atoms with van der Waals surface area (Å²) in [6.07, 6.45) is -8.68. The van der Waals surface area contributed by atoms with Crippen LogP contribution in [-0.4, -0.2) is 55.4 Å². The molecule has 0 spiro atoms. The van der Waals surface area contributed by atoms with Crippen LogP contribution in [0.4, 0.5) is 32.0 Å². The summed E-state index contributed by atoms with van der Waals surface area (Å²) < 4.78 is 90.2. The lowest BCUT2D eigenvalue weighted by atomic mass is 9.85. The third-order valence-electron chi connectivity index (χ3n) is 8.19. The molecule has 1 unspecified atom stereocenters. The molecule has 0 radical (unpaired) electrons. The van der Waals surface area contributed by atoms with Crippen molar-refractivity contribution in [1.82, 2.24) is 10.6 Å². The monoisotopic (exact) mass is 677 g/mol. The smallest absolute Gasteiger partial charge is 0.402 e. The highest BCUT2D eigenvalue weighted by Gasteiger charge is 2.52. The average molecular weight is 678 g/mol. The van der Waals surface area contributed by atoms with Gasteiger partial charge in [0.1, 0.15) is 17.3 Å². The number of amides is 3. The van der Waals surface area contributed by atoms with Crippen molar-refractivity contribution in [2.45, 2.75) is 77.0 Å². The Morgan fingerprint density at radius 1 is 0.913 bits per heavy atom. The van der Waals surface area contributed by atoms with Crippen LogP contribution in [0.3, 0.4) is 0 Å². The Labute approximate surface area is 266 Å². The highest BCUT2D eigenvalue weighted by Crippen LogP contribution is 2.39. The molecule has 2 aliphatic rings. The Morgan fingerprint density at radius 3 is 2.22 bits per heavy atom. The Kier molecular flexibility index (Phi) is 10.8. The fourth-order valence-corrected chi connectivity index (χ4v) is 5.29. The zero-order chi connectivity index (χ0) is 33.9. The molecule has 1 aliphatic carbocycles. The molecule has 0 bridgehead atoms. The third-order valence-corrected chi connectivity index (χ3v) is 8.52. The summed E-state index contributed by atoms with van der Waals surface area (Å²) in [4.78, 5) is 38.8. The van der Waals surface area contributed by atoms with Gasteiger partial charge in [-0.25, -0.2) is 0 Å². The maximum absolute atomic E-state index is 13.4. The van der Waals surface area contributed by atoms with E-state index < -0.39 is 47.4 Å². The molecule has 2 aromatic rings. The molecule has 3 amide bonds. The SMILES string of the molecule is CC(C)(C(=O)NCc1ccc(Cl)c(C(=O)Nc2ccc(OC3CCOC3)c(C(=O)N[C@H]3CC[C@H](C(F)(F)F)CC3)c2)c1)C(F)(F)F. The lowest BCUT2D eigenvalue weighted by Gasteiger charge is -2.30. The quantitative estimate of drug-likeness (QED) is 0.253. The minimum Gasteiger partial charge on any atom is -0.487 e. The second-order valence-electron chi connectivity index (χ2n) is 12.0. The largest absolute Gasteiger partial charge is 0.487 e. The molecule has 15 heteroatoms. The molecule has 1 aliphatic heterocycles. The lowest BCUT2D eigenvalue weighted by Crippen LogP contribution is -2.46. The van der Waals surface area contributed by atoms with Crippen molar-refractivity contribution in [2.24, 2.45) is 11.3 Å². The van der Waals surface area contributed by atoms with Crippen molar-refractivity contribution in [1.29, 1.82) is 0 Å². The van der Waals surface area contributed by atoms with Gasteiger partial charge in [-0.05, 0) is 75.4 Å². The number of nitrogens with one attached hydrogen (secondary N) is 3. The van der Waals surface area contributed by atoms with Crippen LogP contribution in [0.5, 0.6) is 5.75 Å². The van der Waals surface area contributed by atoms with Crippen LogP contribution in [0.15, 0.2) is 36.4 Å². The van der Waals surface area contributed by atoms with Gasteiger partial charge in [0.2, 0.25) is 5.91 Å². The first-order valence-electron chi connectivity index (χ1n) is 14.7. The van der Waals surface area contributed by atoms with Gasteiger partial charge in [-0.2, -0.15) is 26.3 Å². The van der Waals surface area contributed by atoms with Crippen LogP contribution in [0.2, 0.25) is 5.02 Å². The first kappa shape index (κ1) is 35.3. The molecular formula is C31H34ClF6N3O5. The topological polar surface area (TPSA) is 106 Å². The fraction of sp³-hybridized carbons (Fsp3) is 0.516. The summed E-state index contributed by atoms with van der Waals surface area (Å²) in [7, 11) is 0. The normalized spacial score (nSPS) is 20.6. The summed E-state index contributed by atoms with van der Waals surface area (Å²) in [5.74, 6) is -3.74. The van der Waals surface area contributed by atoms with E-state index >= 15 is 0 Å². The molecule has 1 saturated carbocycles. The van der Waals surface area contributed by atoms with Gasteiger partial charge in [0.25, 0.3) is 11.8 Å². The van der Waals surface area contributed by atoms with Crippen LogP contribution in [0.25, 0.3) is 0 Å². The predicted octanol–water partition coefficient (Wildman–Crippen LogP) is 6.82. The summed E-state index contributed by atoms with van der Waals surface area (Å²) >= 11 is 6.24. The minimum atomic E-state index is -4.77. The molecule has 3 N–H and O–H groups in total. The number of ether oxygens (including phenoxy) is 2. The molecular weight excluding hydrogens is 644 g/mol. The number of benzene rings is 2. The highest BCUT2D eigenvalue weighted by atomic mass is 35.5. The summed E-state index contributed by atoms with van der Waals surface area (Å²) in [5, 5.41) is 7.67. The first-order valence-corrected chi connectivity index (χ1v) is 15.0. The van der Waals surface area contributed by atoms with Crippen molar-refractivity contribution in [3.63, 3.8) is 0 Å². The van der Waals surface area contributed by atoms with Gasteiger partial charge >= 0.3 is 12.4 Å². The van der Waals surface area contributed by atoms with Gasteiger partial charge in [0.05, 0.1) is 35.3 Å². The van der Waals surface area contributed by atoms with E-state index in [9.17, 15) is 40.7 Å². The third kappa shape index (κ3) is 8.64. The van der Waals surface area contributed by atoms with Crippen LogP contribution < -0.4 is 20.7 Å². The summed E-state index contributed by atoms with van der Waals surface area (Å²) in [6.45, 7) is 2.00. The van der Waals surface area contributed by atoms with E-state index in [1.807, 2.05) is 0 Å². The number of carbonyl (C=O) groups is 3. The number of hydrogen-bond donors (Lipinski definition) is 3. The minimum absolute atomic E-state index is 0.0248. The molecule has 1 saturated heterocycles. The van der Waals surface area contributed by atoms with E-state index in [1.54, 1.807) is 0 Å². The van der Waals surface area contributed by atoms with E-state index in [-0.39, 0.29) is 65.9 Å². The number of hydrogen-bond acceptors (Lipinski definition) is 5. The number of alkyl halides is 6. The van der Waals surface area contributed by atoms with Crippen LogP contribution in [-0.2, 0) is 16.1 Å². The molecule has 8 nitrogen and oxygen atoms in total. The van der Waals surface area contributed by atoms with Gasteiger partial charge < -0.3 is 25.4 Å². The maximum Gasteiger partial charge on any atom is 0.402 e. The van der Waals surface area contributed by atoms with Crippen molar-refractivity contribution in [3.05, 3.63) is 58.1 Å². The van der Waals surface area contributed by atoms with E-state index in [0.29, 0.717) is 25.2 Å². The Hall–Kier alpha value is -3.52. The molecule has 4 rings (SSSR count). The lowest BCUT2D eigenvalue weighted by molar-refractivity contribution is -0.211. The van der Waals surface area contributed by atoms with Gasteiger partial charge in [0.15, 0.2) is 0 Å². The number of carbonyl (C=O) groups excluding carboxylic acids is 3. The molecule has 0 aromatic heterocycles. The Bertz CT molecular complexity index is 1430. The van der Waals surface area contributed by atoms with Gasteiger partial charge in [-0.3, -0.25) is 14.4 Å². The zero-order valence-electron chi connectivity index (χ0n) is 25.0. The molecule has 1 heterocycles. The molecule has 1 atom stereocenters. The van der Waals surface area contributed by atoms with Gasteiger partial charge in [0, 0.05) is 24.7 Å². The van der Waals surface area contributed by atoms with Crippen LogP contribution in [0.1, 0.15) is 72.2 Å². The summed E-state index contributed by atoms with van der Waals surface area (Å²) in [6, 6.07) is 8.00. The van der Waals surface area contributed by atoms with Crippen LogP contribution >= 0.6 is 11.6 Å². The van der Waals surface area contributed by atoms with Crippen molar-refractivity contribution < 1.29 is 50.2 Å². The zero-order valence-corrected chi connectivity index (χ0v) is 25.8. The Morgan fingerprint density at radius 2 is 1.61 bits per heavy atom. The molecule has 46 heavy (non-hydrogen) atoms. The number of halogens is 7.